The second kappa shape index (κ2) is 4.32. The van der Waals surface area contributed by atoms with Gasteiger partial charge in [0.1, 0.15) is 5.41 Å². The predicted molar refractivity (Wildman–Crippen MR) is 55.8 cm³/mol. The van der Waals surface area contributed by atoms with Crippen LogP contribution in [0.4, 0.5) is 13.2 Å². The van der Waals surface area contributed by atoms with Crippen LogP contribution < -0.4 is 16.2 Å². The number of halogens is 3. The molecule has 7 heteroatoms. The highest BCUT2D eigenvalue weighted by Crippen LogP contribution is 2.45. The topological polar surface area (TPSA) is 48.5 Å². The maximum atomic E-state index is 12.9. The Labute approximate surface area is 92.0 Å². The van der Waals surface area contributed by atoms with E-state index in [9.17, 15) is 13.2 Å². The zero-order valence-corrected chi connectivity index (χ0v) is 9.37. The van der Waals surface area contributed by atoms with Crippen molar-refractivity contribution in [2.45, 2.75) is 13.1 Å². The van der Waals surface area contributed by atoms with Crippen LogP contribution in [0, 0.1) is 5.41 Å². The van der Waals surface area contributed by atoms with Crippen molar-refractivity contribution < 1.29 is 13.2 Å². The lowest BCUT2D eigenvalue weighted by molar-refractivity contribution is -0.200. The Kier molecular flexibility index (Phi) is 3.47. The third-order valence-electron chi connectivity index (χ3n) is 2.59. The fourth-order valence-corrected chi connectivity index (χ4v) is 1.56. The number of aliphatic imine (C=N–C) groups is 1. The van der Waals surface area contributed by atoms with Crippen LogP contribution in [0.3, 0.4) is 0 Å². The minimum Gasteiger partial charge on any atom is -0.381 e. The van der Waals surface area contributed by atoms with Gasteiger partial charge in [-0.2, -0.15) is 13.2 Å². The summed E-state index contributed by atoms with van der Waals surface area (Å²) in [6, 6.07) is 0. The van der Waals surface area contributed by atoms with Crippen LogP contribution >= 0.6 is 0 Å². The van der Waals surface area contributed by atoms with Gasteiger partial charge >= 0.3 is 6.18 Å². The lowest BCUT2D eigenvalue weighted by Gasteiger charge is -2.29. The van der Waals surface area contributed by atoms with Gasteiger partial charge in [-0.1, -0.05) is 0 Å². The van der Waals surface area contributed by atoms with Crippen molar-refractivity contribution in [3.8, 4) is 0 Å². The van der Waals surface area contributed by atoms with Crippen molar-refractivity contribution in [3.05, 3.63) is 11.4 Å². The van der Waals surface area contributed by atoms with E-state index in [4.69, 9.17) is 0 Å². The zero-order chi connectivity index (χ0) is 12.4. The molecule has 92 valence electrons. The summed E-state index contributed by atoms with van der Waals surface area (Å²) in [5.41, 5.74) is 3.55. The molecule has 1 aliphatic rings. The van der Waals surface area contributed by atoms with Gasteiger partial charge in [0.15, 0.2) is 0 Å². The Morgan fingerprint density at radius 2 is 2.12 bits per heavy atom. The molecule has 1 heterocycles. The van der Waals surface area contributed by atoms with Crippen molar-refractivity contribution in [2.24, 2.45) is 10.4 Å². The number of hydrogen-bond acceptors (Lipinski definition) is 4. The summed E-state index contributed by atoms with van der Waals surface area (Å²) in [5, 5.41) is 2.70. The van der Waals surface area contributed by atoms with Gasteiger partial charge in [-0.05, 0) is 6.92 Å². The molecule has 0 aromatic heterocycles. The molecular weight excluding hydrogens is 221 g/mol. The van der Waals surface area contributed by atoms with Crippen molar-refractivity contribution in [1.29, 1.82) is 0 Å². The minimum atomic E-state index is -4.32. The van der Waals surface area contributed by atoms with Crippen LogP contribution in [0.15, 0.2) is 16.4 Å². The Morgan fingerprint density at radius 3 is 2.56 bits per heavy atom. The average Bonchev–Trinajstić information content (AvgIpc) is 2.48. The van der Waals surface area contributed by atoms with E-state index in [1.54, 1.807) is 0 Å². The number of hydrazine groups is 1. The summed E-state index contributed by atoms with van der Waals surface area (Å²) < 4.78 is 38.8. The molecule has 0 amide bonds. The second-order valence-electron chi connectivity index (χ2n) is 3.73. The van der Waals surface area contributed by atoms with Crippen LogP contribution in [0.25, 0.3) is 0 Å². The Hall–Kier alpha value is -1.24. The van der Waals surface area contributed by atoms with E-state index >= 15 is 0 Å². The van der Waals surface area contributed by atoms with Gasteiger partial charge in [0.2, 0.25) is 0 Å². The molecule has 16 heavy (non-hydrogen) atoms. The van der Waals surface area contributed by atoms with Crippen LogP contribution in [-0.4, -0.2) is 33.0 Å². The molecule has 1 rings (SSSR count). The molecule has 0 aromatic carbocycles. The van der Waals surface area contributed by atoms with E-state index in [-0.39, 0.29) is 12.2 Å². The van der Waals surface area contributed by atoms with Crippen molar-refractivity contribution in [3.63, 3.8) is 0 Å². The fourth-order valence-electron chi connectivity index (χ4n) is 1.56. The minimum absolute atomic E-state index is 0.0631. The smallest absolute Gasteiger partial charge is 0.381 e. The summed E-state index contributed by atoms with van der Waals surface area (Å²) in [7, 11) is 3.03. The van der Waals surface area contributed by atoms with Crippen molar-refractivity contribution in [2.75, 3.05) is 20.6 Å². The lowest BCUT2D eigenvalue weighted by Crippen LogP contribution is -2.45. The van der Waals surface area contributed by atoms with Crippen LogP contribution in [-0.2, 0) is 0 Å². The predicted octanol–water partition coefficient (Wildman–Crippen LogP) is 0.794. The highest BCUT2D eigenvalue weighted by molar-refractivity contribution is 5.80. The van der Waals surface area contributed by atoms with Crippen LogP contribution in [0.2, 0.25) is 0 Å². The average molecular weight is 236 g/mol. The summed E-state index contributed by atoms with van der Waals surface area (Å²) in [6.45, 7) is 0.956. The van der Waals surface area contributed by atoms with E-state index in [2.05, 4.69) is 21.2 Å². The first-order valence-corrected chi connectivity index (χ1v) is 4.77. The van der Waals surface area contributed by atoms with Gasteiger partial charge in [0, 0.05) is 26.9 Å². The highest BCUT2D eigenvalue weighted by atomic mass is 19.4. The van der Waals surface area contributed by atoms with E-state index in [0.717, 1.165) is 6.92 Å². The van der Waals surface area contributed by atoms with Gasteiger partial charge < -0.3 is 10.7 Å². The molecule has 0 saturated carbocycles. The second-order valence-corrected chi connectivity index (χ2v) is 3.73. The van der Waals surface area contributed by atoms with Gasteiger partial charge in [-0.25, -0.2) is 5.43 Å². The third kappa shape index (κ3) is 1.99. The van der Waals surface area contributed by atoms with Gasteiger partial charge in [-0.3, -0.25) is 4.99 Å². The highest BCUT2D eigenvalue weighted by Gasteiger charge is 2.57. The summed E-state index contributed by atoms with van der Waals surface area (Å²) >= 11 is 0. The first-order chi connectivity index (χ1) is 7.36. The zero-order valence-electron chi connectivity index (χ0n) is 9.37. The summed E-state index contributed by atoms with van der Waals surface area (Å²) in [4.78, 5) is 3.72. The normalized spacial score (nSPS) is 26.4. The molecule has 0 spiro atoms. The lowest BCUT2D eigenvalue weighted by atomic mass is 9.88. The number of nitrogens with one attached hydrogen (secondary N) is 3. The van der Waals surface area contributed by atoms with Gasteiger partial charge in [0.05, 0.1) is 11.4 Å². The molecule has 0 fully saturated rings. The number of rotatable bonds is 3. The molecular formula is C9H15F3N4. The number of allylic oxidation sites excluding steroid dienone is 1. The molecule has 1 unspecified atom stereocenters. The Balaban J connectivity index is 3.15. The first kappa shape index (κ1) is 12.8. The van der Waals surface area contributed by atoms with Crippen LogP contribution in [0.1, 0.15) is 6.92 Å². The maximum absolute atomic E-state index is 12.9. The molecule has 0 radical (unpaired) electrons. The molecule has 0 aliphatic carbocycles. The maximum Gasteiger partial charge on any atom is 0.401 e. The van der Waals surface area contributed by atoms with Crippen molar-refractivity contribution >= 4 is 6.21 Å². The standard InChI is InChI=1S/C9H15F3N4/c1-8(9(10,11)12)5-15-6(4-13-2)7(8)16-14-3/h4,14-16H,5H2,1-3H3. The first-order valence-electron chi connectivity index (χ1n) is 4.77. The molecule has 4 nitrogen and oxygen atoms in total. The van der Waals surface area contributed by atoms with Crippen molar-refractivity contribution in [1.82, 2.24) is 16.2 Å². The van der Waals surface area contributed by atoms with E-state index in [1.165, 1.54) is 20.3 Å². The largest absolute Gasteiger partial charge is 0.401 e. The molecule has 0 aromatic rings. The number of hydrogen-bond donors (Lipinski definition) is 3. The molecule has 0 bridgehead atoms. The monoisotopic (exact) mass is 236 g/mol. The fraction of sp³-hybridized carbons (Fsp3) is 0.667. The summed E-state index contributed by atoms with van der Waals surface area (Å²) in [5.74, 6) is 0. The van der Waals surface area contributed by atoms with Crippen LogP contribution in [0.5, 0.6) is 0 Å². The Bertz CT molecular complexity index is 321. The molecule has 0 saturated heterocycles. The van der Waals surface area contributed by atoms with Gasteiger partial charge in [-0.15, -0.1) is 0 Å². The molecule has 3 N–H and O–H groups in total. The van der Waals surface area contributed by atoms with E-state index < -0.39 is 11.6 Å². The van der Waals surface area contributed by atoms with E-state index in [0.29, 0.717) is 5.70 Å². The molecule has 1 aliphatic heterocycles. The molecule has 1 atom stereocenters. The number of nitrogens with zero attached hydrogens (tertiary/aromatic N) is 1. The quantitative estimate of drug-likeness (QED) is 0.501. The SMILES string of the molecule is CN=CC1=C(NNC)C(C)(C(F)(F)F)CN1. The van der Waals surface area contributed by atoms with E-state index in [1.807, 2.05) is 0 Å². The summed E-state index contributed by atoms with van der Waals surface area (Å²) in [6.07, 6.45) is -2.95. The number of alkyl halides is 3. The third-order valence-corrected chi connectivity index (χ3v) is 2.59. The van der Waals surface area contributed by atoms with Gasteiger partial charge in [0.25, 0.3) is 0 Å². The Morgan fingerprint density at radius 1 is 1.50 bits per heavy atom.